The Hall–Kier alpha value is 0.0700. The van der Waals surface area contributed by atoms with Crippen molar-refractivity contribution in [2.24, 2.45) is 0 Å². The minimum atomic E-state index is -0.476. The molecule has 0 spiro atoms. The molecule has 0 saturated carbocycles. The van der Waals surface area contributed by atoms with Crippen LogP contribution >= 0.6 is 23.2 Å². The Morgan fingerprint density at radius 2 is 2.07 bits per heavy atom. The van der Waals surface area contributed by atoms with Gasteiger partial charge in [0.2, 0.25) is 0 Å². The van der Waals surface area contributed by atoms with Gasteiger partial charge in [-0.2, -0.15) is 0 Å². The van der Waals surface area contributed by atoms with Crippen LogP contribution in [0.4, 0.5) is 4.79 Å². The van der Waals surface area contributed by atoms with E-state index in [1.54, 1.807) is 18.2 Å². The molecule has 0 radical (unpaired) electrons. The van der Waals surface area contributed by atoms with Crippen molar-refractivity contribution in [3.63, 3.8) is 0 Å². The topological polar surface area (TPSA) is 38.3 Å². The predicted octanol–water partition coefficient (Wildman–Crippen LogP) is 2.20. The van der Waals surface area contributed by atoms with Crippen LogP contribution in [0, 0.1) is 0 Å². The van der Waals surface area contributed by atoms with Crippen LogP contribution in [0.3, 0.4) is 0 Å². The third-order valence-electron chi connectivity index (χ3n) is 1.56. The van der Waals surface area contributed by atoms with E-state index in [9.17, 15) is 4.79 Å². The Labute approximate surface area is 120 Å². The molecule has 0 aliphatic rings. The molecule has 0 bridgehead atoms. The molecule has 0 atom stereocenters. The van der Waals surface area contributed by atoms with Gasteiger partial charge in [0.15, 0.2) is 0 Å². The maximum absolute atomic E-state index is 10.7. The third-order valence-corrected chi connectivity index (χ3v) is 2.30. The van der Waals surface area contributed by atoms with Crippen LogP contribution in [0.5, 0.6) is 0 Å². The van der Waals surface area contributed by atoms with E-state index in [0.717, 1.165) is 5.56 Å². The molecule has 0 aliphatic carbocycles. The summed E-state index contributed by atoms with van der Waals surface area (Å²) < 4.78 is 4.82. The summed E-state index contributed by atoms with van der Waals surface area (Å²) in [6.07, 6.45) is -0.476. The SMILES string of the molecule is CNC(=O)OCc1ccc(Cl)c(Cl)c1.[NaH]. The summed E-state index contributed by atoms with van der Waals surface area (Å²) >= 11 is 11.5. The molecule has 1 aromatic rings. The number of nitrogens with one attached hydrogen (secondary N) is 1. The first-order chi connectivity index (χ1) is 6.63. The van der Waals surface area contributed by atoms with Crippen molar-refractivity contribution < 1.29 is 9.53 Å². The zero-order valence-electron chi connectivity index (χ0n) is 7.51. The monoisotopic (exact) mass is 257 g/mol. The molecule has 0 unspecified atom stereocenters. The Morgan fingerprint density at radius 1 is 1.40 bits per heavy atom. The molecule has 3 nitrogen and oxygen atoms in total. The fraction of sp³-hybridized carbons (Fsp3) is 0.222. The summed E-state index contributed by atoms with van der Waals surface area (Å²) in [5.74, 6) is 0. The van der Waals surface area contributed by atoms with Gasteiger partial charge in [-0.15, -0.1) is 0 Å². The van der Waals surface area contributed by atoms with Gasteiger partial charge >= 0.3 is 35.7 Å². The van der Waals surface area contributed by atoms with Gasteiger partial charge in [0, 0.05) is 7.05 Å². The van der Waals surface area contributed by atoms with Gasteiger partial charge in [-0.3, -0.25) is 0 Å². The number of carbonyl (C=O) groups is 1. The van der Waals surface area contributed by atoms with E-state index in [1.165, 1.54) is 7.05 Å². The Balaban J connectivity index is 0.00000196. The molecule has 0 aromatic heterocycles. The second-order valence-electron chi connectivity index (χ2n) is 2.57. The van der Waals surface area contributed by atoms with Crippen molar-refractivity contribution >= 4 is 58.9 Å². The van der Waals surface area contributed by atoms with E-state index in [1.807, 2.05) is 0 Å². The number of ether oxygens (including phenoxy) is 1. The number of benzene rings is 1. The number of amides is 1. The summed E-state index contributed by atoms with van der Waals surface area (Å²) in [5, 5.41) is 3.27. The van der Waals surface area contributed by atoms with Crippen LogP contribution in [-0.2, 0) is 11.3 Å². The van der Waals surface area contributed by atoms with Gasteiger partial charge in [0.1, 0.15) is 6.61 Å². The molecule has 1 amide bonds. The number of carbonyl (C=O) groups excluding carboxylic acids is 1. The molecule has 6 heteroatoms. The van der Waals surface area contributed by atoms with Gasteiger partial charge in [-0.05, 0) is 17.7 Å². The second kappa shape index (κ2) is 7.36. The van der Waals surface area contributed by atoms with Crippen LogP contribution in [-0.4, -0.2) is 42.7 Å². The zero-order valence-corrected chi connectivity index (χ0v) is 9.02. The van der Waals surface area contributed by atoms with Gasteiger partial charge < -0.3 is 10.1 Å². The van der Waals surface area contributed by atoms with E-state index >= 15 is 0 Å². The van der Waals surface area contributed by atoms with E-state index < -0.39 is 6.09 Å². The fourth-order valence-electron chi connectivity index (χ4n) is 0.850. The van der Waals surface area contributed by atoms with E-state index in [0.29, 0.717) is 10.0 Å². The number of alkyl carbamates (subject to hydrolysis) is 1. The zero-order chi connectivity index (χ0) is 10.6. The first kappa shape index (κ1) is 15.1. The van der Waals surface area contributed by atoms with Crippen molar-refractivity contribution in [2.75, 3.05) is 7.05 Å². The summed E-state index contributed by atoms with van der Waals surface area (Å²) in [4.78, 5) is 10.7. The third kappa shape index (κ3) is 5.09. The van der Waals surface area contributed by atoms with Gasteiger partial charge in [0.05, 0.1) is 10.0 Å². The van der Waals surface area contributed by atoms with Crippen LogP contribution in [0.2, 0.25) is 10.0 Å². The van der Waals surface area contributed by atoms with E-state index in [4.69, 9.17) is 27.9 Å². The Morgan fingerprint density at radius 3 is 2.60 bits per heavy atom. The maximum atomic E-state index is 10.7. The van der Waals surface area contributed by atoms with Crippen LogP contribution in [0.1, 0.15) is 5.56 Å². The first-order valence-corrected chi connectivity index (χ1v) is 4.67. The molecule has 78 valence electrons. The molecule has 0 saturated heterocycles. The standard InChI is InChI=1S/C9H9Cl2NO2.Na.H/c1-12-9(13)14-5-6-2-3-7(10)8(11)4-6;;/h2-4H,5H2,1H3,(H,12,13);;. The van der Waals surface area contributed by atoms with Crippen molar-refractivity contribution in [3.05, 3.63) is 33.8 Å². The summed E-state index contributed by atoms with van der Waals surface area (Å²) in [7, 11) is 1.50. The van der Waals surface area contributed by atoms with Gasteiger partial charge in [-0.25, -0.2) is 4.79 Å². The summed E-state index contributed by atoms with van der Waals surface area (Å²) in [6.45, 7) is 0.177. The Kier molecular flexibility index (Phi) is 7.40. The molecule has 15 heavy (non-hydrogen) atoms. The second-order valence-corrected chi connectivity index (χ2v) is 3.39. The molecule has 0 aliphatic heterocycles. The summed E-state index contributed by atoms with van der Waals surface area (Å²) in [5.41, 5.74) is 0.794. The summed E-state index contributed by atoms with van der Waals surface area (Å²) in [6, 6.07) is 5.07. The molecule has 0 heterocycles. The number of hydrogen-bond donors (Lipinski definition) is 1. The van der Waals surface area contributed by atoms with Crippen LogP contribution < -0.4 is 5.32 Å². The number of halogens is 2. The number of rotatable bonds is 2. The van der Waals surface area contributed by atoms with Gasteiger partial charge in [-0.1, -0.05) is 29.3 Å². The van der Waals surface area contributed by atoms with Crippen molar-refractivity contribution in [1.29, 1.82) is 0 Å². The van der Waals surface area contributed by atoms with Crippen molar-refractivity contribution in [2.45, 2.75) is 6.61 Å². The van der Waals surface area contributed by atoms with Crippen LogP contribution in [0.15, 0.2) is 18.2 Å². The van der Waals surface area contributed by atoms with Crippen molar-refractivity contribution in [3.8, 4) is 0 Å². The molecular weight excluding hydrogens is 248 g/mol. The molecule has 1 rings (SSSR count). The number of hydrogen-bond acceptors (Lipinski definition) is 2. The average Bonchev–Trinajstić information content (AvgIpc) is 2.19. The van der Waals surface area contributed by atoms with Gasteiger partial charge in [0.25, 0.3) is 0 Å². The predicted molar refractivity (Wildman–Crippen MR) is 62.9 cm³/mol. The molecule has 0 fully saturated rings. The van der Waals surface area contributed by atoms with Crippen molar-refractivity contribution in [1.82, 2.24) is 5.32 Å². The fourth-order valence-corrected chi connectivity index (χ4v) is 1.17. The average molecular weight is 258 g/mol. The normalized spacial score (nSPS) is 9.00. The van der Waals surface area contributed by atoms with E-state index in [2.05, 4.69) is 5.32 Å². The Bertz CT molecular complexity index is 347. The first-order valence-electron chi connectivity index (χ1n) is 3.92. The minimum absolute atomic E-state index is 0. The van der Waals surface area contributed by atoms with E-state index in [-0.39, 0.29) is 36.2 Å². The molecule has 1 N–H and O–H groups in total. The van der Waals surface area contributed by atoms with Crippen LogP contribution in [0.25, 0.3) is 0 Å². The quantitative estimate of drug-likeness (QED) is 0.826. The molecule has 1 aromatic carbocycles. The molecular formula is C9H10Cl2NNaO2.